The Morgan fingerprint density at radius 3 is 2.33 bits per heavy atom. The van der Waals surface area contributed by atoms with Gasteiger partial charge in [-0.2, -0.15) is 0 Å². The Hall–Kier alpha value is -3.06. The van der Waals surface area contributed by atoms with Crippen LogP contribution in [0.4, 0.5) is 4.79 Å². The molecule has 0 spiro atoms. The maximum Gasteiger partial charge on any atom is 0.509 e. The van der Waals surface area contributed by atoms with Gasteiger partial charge in [-0.05, 0) is 52.0 Å². The number of hydrogen-bond donors (Lipinski definition) is 0. The number of carbonyl (C=O) groups excluding carboxylic acids is 1. The van der Waals surface area contributed by atoms with Crippen molar-refractivity contribution in [3.05, 3.63) is 78.5 Å². The maximum atomic E-state index is 13.3. The third-order valence-corrected chi connectivity index (χ3v) is 6.11. The smallest absolute Gasteiger partial charge is 0.429 e. The van der Waals surface area contributed by atoms with Crippen LogP contribution in [0.15, 0.2) is 72.3 Å². The molecule has 6 nitrogen and oxygen atoms in total. The Kier molecular flexibility index (Phi) is 5.76. The molecule has 30 heavy (non-hydrogen) atoms. The van der Waals surface area contributed by atoms with Crippen LogP contribution in [-0.4, -0.2) is 24.1 Å². The summed E-state index contributed by atoms with van der Waals surface area (Å²) < 4.78 is 38.5. The van der Waals surface area contributed by atoms with Crippen molar-refractivity contribution < 1.29 is 22.7 Å². The van der Waals surface area contributed by atoms with Crippen molar-refractivity contribution in [2.45, 2.75) is 44.3 Å². The maximum absolute atomic E-state index is 13.3. The highest BCUT2D eigenvalue weighted by molar-refractivity contribution is 7.90. The number of hydrogen-bond acceptors (Lipinski definition) is 5. The van der Waals surface area contributed by atoms with E-state index >= 15 is 0 Å². The lowest BCUT2D eigenvalue weighted by Gasteiger charge is -2.21. The van der Waals surface area contributed by atoms with Gasteiger partial charge in [-0.15, -0.1) is 0 Å². The highest BCUT2D eigenvalue weighted by atomic mass is 32.2. The van der Waals surface area contributed by atoms with E-state index in [-0.39, 0.29) is 4.90 Å². The van der Waals surface area contributed by atoms with E-state index < -0.39 is 27.9 Å². The van der Waals surface area contributed by atoms with Gasteiger partial charge in [0.15, 0.2) is 6.10 Å². The van der Waals surface area contributed by atoms with E-state index in [0.29, 0.717) is 16.5 Å². The largest absolute Gasteiger partial charge is 0.509 e. The zero-order valence-corrected chi connectivity index (χ0v) is 18.3. The van der Waals surface area contributed by atoms with Crippen molar-refractivity contribution >= 4 is 27.1 Å². The molecular formula is C23H25NO5S. The van der Waals surface area contributed by atoms with E-state index in [1.807, 2.05) is 6.92 Å². The normalized spacial score (nSPS) is 13.1. The molecule has 2 aromatic carbocycles. The second-order valence-electron chi connectivity index (χ2n) is 7.95. The number of fused-ring (bicyclic) bond motifs is 1. The quantitative estimate of drug-likeness (QED) is 0.404. The Morgan fingerprint density at radius 2 is 1.73 bits per heavy atom. The number of benzene rings is 2. The van der Waals surface area contributed by atoms with Gasteiger partial charge in [0.25, 0.3) is 10.0 Å². The molecule has 3 aromatic rings. The Balaban J connectivity index is 2.08. The van der Waals surface area contributed by atoms with Crippen LogP contribution in [-0.2, 0) is 19.5 Å². The Morgan fingerprint density at radius 1 is 1.10 bits per heavy atom. The molecule has 0 aliphatic heterocycles. The van der Waals surface area contributed by atoms with E-state index in [9.17, 15) is 13.2 Å². The van der Waals surface area contributed by atoms with Crippen molar-refractivity contribution in [3.63, 3.8) is 0 Å². The molecule has 0 saturated carbocycles. The first-order valence-electron chi connectivity index (χ1n) is 9.47. The van der Waals surface area contributed by atoms with Gasteiger partial charge in [0.2, 0.25) is 0 Å². The van der Waals surface area contributed by atoms with E-state index in [0.717, 1.165) is 5.56 Å². The molecule has 158 valence electrons. The van der Waals surface area contributed by atoms with Gasteiger partial charge in [-0.25, -0.2) is 17.2 Å². The van der Waals surface area contributed by atoms with Gasteiger partial charge < -0.3 is 9.47 Å². The van der Waals surface area contributed by atoms with E-state index in [1.165, 1.54) is 16.2 Å². The summed E-state index contributed by atoms with van der Waals surface area (Å²) in [7, 11) is -3.85. The van der Waals surface area contributed by atoms with Crippen molar-refractivity contribution in [3.8, 4) is 0 Å². The molecule has 1 aromatic heterocycles. The molecule has 0 radical (unpaired) electrons. The number of carbonyl (C=O) groups is 1. The molecule has 0 saturated heterocycles. The first kappa shape index (κ1) is 21.6. The van der Waals surface area contributed by atoms with Crippen LogP contribution in [0.2, 0.25) is 0 Å². The van der Waals surface area contributed by atoms with Crippen molar-refractivity contribution in [1.29, 1.82) is 0 Å². The topological polar surface area (TPSA) is 74.6 Å². The fourth-order valence-electron chi connectivity index (χ4n) is 3.04. The molecule has 1 atom stereocenters. The summed E-state index contributed by atoms with van der Waals surface area (Å²) in [6, 6.07) is 13.7. The molecule has 0 unspecified atom stereocenters. The number of ether oxygens (including phenoxy) is 2. The van der Waals surface area contributed by atoms with Crippen LogP contribution in [0.1, 0.15) is 38.0 Å². The summed E-state index contributed by atoms with van der Waals surface area (Å²) in [5, 5.41) is 0.640. The standard InChI is InChI=1S/C23H25NO5S/c1-6-21(28-22(25)29-23(3,4)5)19-15-24(20-10-8-7-9-18(19)20)30(26,27)17-13-11-16(2)12-14-17/h6-15,21H,1H2,2-5H3/t21-/m0/s1. The minimum absolute atomic E-state index is 0.170. The number of para-hydroxylation sites is 1. The van der Waals surface area contributed by atoms with Gasteiger partial charge in [-0.3, -0.25) is 0 Å². The lowest BCUT2D eigenvalue weighted by atomic mass is 10.1. The summed E-state index contributed by atoms with van der Waals surface area (Å²) in [5.74, 6) is 0. The average Bonchev–Trinajstić information content (AvgIpc) is 3.05. The zero-order valence-electron chi connectivity index (χ0n) is 17.5. The van der Waals surface area contributed by atoms with Crippen LogP contribution in [0.3, 0.4) is 0 Å². The summed E-state index contributed by atoms with van der Waals surface area (Å²) in [4.78, 5) is 12.3. The second kappa shape index (κ2) is 7.99. The van der Waals surface area contributed by atoms with E-state index in [4.69, 9.17) is 9.47 Å². The van der Waals surface area contributed by atoms with Gasteiger partial charge in [-0.1, -0.05) is 42.5 Å². The Bertz CT molecular complexity index is 1180. The van der Waals surface area contributed by atoms with Crippen LogP contribution in [0.25, 0.3) is 10.9 Å². The van der Waals surface area contributed by atoms with Gasteiger partial charge in [0, 0.05) is 17.1 Å². The third kappa shape index (κ3) is 4.41. The summed E-state index contributed by atoms with van der Waals surface area (Å²) in [5.41, 5.74) is 1.23. The minimum Gasteiger partial charge on any atom is -0.429 e. The predicted octanol–water partition coefficient (Wildman–Crippen LogP) is 5.37. The lowest BCUT2D eigenvalue weighted by molar-refractivity contribution is -0.0185. The van der Waals surface area contributed by atoms with Crippen LogP contribution < -0.4 is 0 Å². The van der Waals surface area contributed by atoms with Gasteiger partial charge in [0.1, 0.15) is 5.60 Å². The molecule has 0 aliphatic rings. The van der Waals surface area contributed by atoms with Crippen molar-refractivity contribution in [2.75, 3.05) is 0 Å². The van der Waals surface area contributed by atoms with E-state index in [2.05, 4.69) is 6.58 Å². The number of aryl methyl sites for hydroxylation is 1. The molecule has 0 fully saturated rings. The highest BCUT2D eigenvalue weighted by Crippen LogP contribution is 2.32. The first-order valence-corrected chi connectivity index (χ1v) is 10.9. The summed E-state index contributed by atoms with van der Waals surface area (Å²) in [6.45, 7) is 10.8. The molecule has 0 bridgehead atoms. The van der Waals surface area contributed by atoms with Gasteiger partial charge >= 0.3 is 6.16 Å². The van der Waals surface area contributed by atoms with Crippen LogP contribution >= 0.6 is 0 Å². The Labute approximate surface area is 176 Å². The fraction of sp³-hybridized carbons (Fsp3) is 0.261. The third-order valence-electron chi connectivity index (χ3n) is 4.42. The summed E-state index contributed by atoms with van der Waals surface area (Å²) >= 11 is 0. The molecular weight excluding hydrogens is 402 g/mol. The summed E-state index contributed by atoms with van der Waals surface area (Å²) in [6.07, 6.45) is 1.18. The monoisotopic (exact) mass is 427 g/mol. The van der Waals surface area contributed by atoms with Crippen molar-refractivity contribution in [2.24, 2.45) is 0 Å². The van der Waals surface area contributed by atoms with E-state index in [1.54, 1.807) is 69.3 Å². The highest BCUT2D eigenvalue weighted by Gasteiger charge is 2.26. The van der Waals surface area contributed by atoms with Gasteiger partial charge in [0.05, 0.1) is 10.4 Å². The fourth-order valence-corrected chi connectivity index (χ4v) is 4.42. The van der Waals surface area contributed by atoms with Crippen molar-refractivity contribution in [1.82, 2.24) is 3.97 Å². The average molecular weight is 428 g/mol. The first-order chi connectivity index (χ1) is 14.0. The molecule has 0 aliphatic carbocycles. The number of rotatable bonds is 5. The predicted molar refractivity (Wildman–Crippen MR) is 116 cm³/mol. The second-order valence-corrected chi connectivity index (χ2v) is 9.77. The minimum atomic E-state index is -3.85. The number of nitrogens with zero attached hydrogens (tertiary/aromatic N) is 1. The molecule has 3 rings (SSSR count). The molecule has 0 amide bonds. The number of aromatic nitrogens is 1. The van der Waals surface area contributed by atoms with Crippen LogP contribution in [0.5, 0.6) is 0 Å². The zero-order chi connectivity index (χ0) is 22.1. The lowest BCUT2D eigenvalue weighted by Crippen LogP contribution is -2.25. The molecule has 0 N–H and O–H groups in total. The molecule has 1 heterocycles. The molecule has 7 heteroatoms. The van der Waals surface area contributed by atoms with Crippen LogP contribution in [0, 0.1) is 6.92 Å². The SMILES string of the molecule is C=C[C@H](OC(=O)OC(C)(C)C)c1cn(S(=O)(=O)c2ccc(C)cc2)c2ccccc12.